The lowest BCUT2D eigenvalue weighted by Crippen LogP contribution is -2.44. The summed E-state index contributed by atoms with van der Waals surface area (Å²) in [6, 6.07) is 7.87. The predicted octanol–water partition coefficient (Wildman–Crippen LogP) is -0.503. The van der Waals surface area contributed by atoms with Crippen LogP contribution in [0.1, 0.15) is 12.0 Å². The van der Waals surface area contributed by atoms with Crippen molar-refractivity contribution in [1.29, 1.82) is 0 Å². The van der Waals surface area contributed by atoms with Crippen LogP contribution in [0.3, 0.4) is 0 Å². The normalized spacial score (nSPS) is 13.8. The first kappa shape index (κ1) is 17.1. The molecule has 0 radical (unpaired) electrons. The van der Waals surface area contributed by atoms with Crippen LogP contribution >= 0.6 is 0 Å². The maximum Gasteiger partial charge on any atom is 0.332 e. The van der Waals surface area contributed by atoms with Gasteiger partial charge in [0.2, 0.25) is 5.95 Å². The number of rotatable bonds is 3. The van der Waals surface area contributed by atoms with Crippen molar-refractivity contribution in [3.8, 4) is 0 Å². The van der Waals surface area contributed by atoms with Gasteiger partial charge in [-0.1, -0.05) is 18.2 Å². The van der Waals surface area contributed by atoms with Crippen LogP contribution in [0.25, 0.3) is 11.2 Å². The van der Waals surface area contributed by atoms with E-state index in [1.807, 2.05) is 36.1 Å². The summed E-state index contributed by atoms with van der Waals surface area (Å²) >= 11 is 0. The number of imidazole rings is 1. The third kappa shape index (κ3) is 2.54. The highest BCUT2D eigenvalue weighted by Crippen LogP contribution is 2.32. The number of carboxylic acids is 1. The lowest BCUT2D eigenvalue weighted by atomic mass is 10.1. The van der Waals surface area contributed by atoms with Crippen molar-refractivity contribution in [1.82, 2.24) is 18.7 Å². The number of hydrogen-bond donors (Lipinski definition) is 0. The molecule has 140 valence electrons. The Morgan fingerprint density at radius 3 is 2.67 bits per heavy atom. The molecule has 0 bridgehead atoms. The Morgan fingerprint density at radius 2 is 1.96 bits per heavy atom. The SMILES string of the molecule is Cc1ccccc1N1CCCn2c1nc1c2c(=O)n(CC(=O)[O-])c(=O)n1C. The lowest BCUT2D eigenvalue weighted by Gasteiger charge is -2.30. The first-order valence-corrected chi connectivity index (χ1v) is 8.63. The quantitative estimate of drug-likeness (QED) is 0.617. The molecule has 0 saturated heterocycles. The molecule has 9 nitrogen and oxygen atoms in total. The molecule has 0 atom stereocenters. The Hall–Kier alpha value is -3.36. The van der Waals surface area contributed by atoms with E-state index in [1.54, 1.807) is 4.57 Å². The molecule has 9 heteroatoms. The van der Waals surface area contributed by atoms with Crippen LogP contribution in [-0.4, -0.2) is 31.2 Å². The zero-order valence-electron chi connectivity index (χ0n) is 15.0. The van der Waals surface area contributed by atoms with Crippen molar-refractivity contribution in [2.24, 2.45) is 7.05 Å². The monoisotopic (exact) mass is 368 g/mol. The summed E-state index contributed by atoms with van der Waals surface area (Å²) in [7, 11) is 1.48. The molecule has 0 spiro atoms. The van der Waals surface area contributed by atoms with Gasteiger partial charge in [-0.15, -0.1) is 0 Å². The molecule has 0 fully saturated rings. The number of fused-ring (bicyclic) bond motifs is 3. The topological polar surface area (TPSA) is 105 Å². The summed E-state index contributed by atoms with van der Waals surface area (Å²) < 4.78 is 3.65. The van der Waals surface area contributed by atoms with Crippen molar-refractivity contribution in [2.45, 2.75) is 26.4 Å². The van der Waals surface area contributed by atoms with Crippen LogP contribution in [-0.2, 0) is 24.9 Å². The summed E-state index contributed by atoms with van der Waals surface area (Å²) in [6.45, 7) is 2.51. The van der Waals surface area contributed by atoms with E-state index in [0.717, 1.165) is 24.2 Å². The number of benzene rings is 1. The van der Waals surface area contributed by atoms with Crippen LogP contribution in [0.4, 0.5) is 11.6 Å². The van der Waals surface area contributed by atoms with E-state index in [2.05, 4.69) is 4.98 Å². The fourth-order valence-corrected chi connectivity index (χ4v) is 3.63. The Morgan fingerprint density at radius 1 is 1.22 bits per heavy atom. The first-order chi connectivity index (χ1) is 12.9. The second kappa shape index (κ2) is 6.11. The number of carboxylic acid groups (broad SMARTS) is 1. The predicted molar refractivity (Wildman–Crippen MR) is 97.0 cm³/mol. The average molecular weight is 368 g/mol. The van der Waals surface area contributed by atoms with Crippen LogP contribution in [0.15, 0.2) is 33.9 Å². The van der Waals surface area contributed by atoms with Gasteiger partial charge in [-0.05, 0) is 25.0 Å². The molecule has 1 aliphatic heterocycles. The minimum atomic E-state index is -1.49. The fraction of sp³-hybridized carbons (Fsp3) is 0.333. The zero-order chi connectivity index (χ0) is 19.3. The molecule has 1 aliphatic rings. The third-order valence-electron chi connectivity index (χ3n) is 4.91. The number of para-hydroxylation sites is 1. The Bertz CT molecular complexity index is 1190. The molecule has 2 aromatic heterocycles. The number of carbonyl (C=O) groups excluding carboxylic acids is 1. The van der Waals surface area contributed by atoms with Gasteiger partial charge in [-0.25, -0.2) is 4.79 Å². The van der Waals surface area contributed by atoms with E-state index >= 15 is 0 Å². The minimum absolute atomic E-state index is 0.228. The standard InChI is InChI=1S/C18H19N5O4/c1-11-6-3-4-7-12(11)21-8-5-9-22-14-15(19-17(21)22)20(2)18(27)23(16(14)26)10-13(24)25/h3-4,6-7H,5,8-10H2,1-2H3,(H,24,25)/p-1. The summed E-state index contributed by atoms with van der Waals surface area (Å²) in [6.07, 6.45) is 0.787. The van der Waals surface area contributed by atoms with Gasteiger partial charge in [-0.2, -0.15) is 4.98 Å². The molecule has 3 aromatic rings. The Labute approximate surface area is 153 Å². The molecule has 3 heterocycles. The van der Waals surface area contributed by atoms with Gasteiger partial charge in [0.1, 0.15) is 0 Å². The number of aliphatic carboxylic acids is 1. The molecule has 4 rings (SSSR count). The second-order valence-electron chi connectivity index (χ2n) is 6.63. The highest BCUT2D eigenvalue weighted by Gasteiger charge is 2.27. The molecule has 0 N–H and O–H groups in total. The molecule has 0 aliphatic carbocycles. The van der Waals surface area contributed by atoms with Crippen molar-refractivity contribution in [2.75, 3.05) is 11.4 Å². The second-order valence-corrected chi connectivity index (χ2v) is 6.63. The van der Waals surface area contributed by atoms with Gasteiger partial charge in [0.15, 0.2) is 11.2 Å². The molecule has 0 unspecified atom stereocenters. The maximum absolute atomic E-state index is 12.9. The maximum atomic E-state index is 12.9. The number of aromatic nitrogens is 4. The van der Waals surface area contributed by atoms with Crippen molar-refractivity contribution < 1.29 is 9.90 Å². The van der Waals surface area contributed by atoms with Gasteiger partial charge in [-0.3, -0.25) is 13.9 Å². The van der Waals surface area contributed by atoms with Crippen LogP contribution < -0.4 is 21.3 Å². The third-order valence-corrected chi connectivity index (χ3v) is 4.91. The molecule has 27 heavy (non-hydrogen) atoms. The first-order valence-electron chi connectivity index (χ1n) is 8.63. The number of aryl methyl sites for hydroxylation is 3. The lowest BCUT2D eigenvalue weighted by molar-refractivity contribution is -0.306. The Balaban J connectivity index is 2.01. The van der Waals surface area contributed by atoms with Crippen molar-refractivity contribution in [3.63, 3.8) is 0 Å². The van der Waals surface area contributed by atoms with Crippen LogP contribution in [0.5, 0.6) is 0 Å². The summed E-state index contributed by atoms with van der Waals surface area (Å²) in [5.41, 5.74) is 1.13. The van der Waals surface area contributed by atoms with Gasteiger partial charge in [0, 0.05) is 25.8 Å². The van der Waals surface area contributed by atoms with E-state index in [9.17, 15) is 19.5 Å². The Kier molecular flexibility index (Phi) is 3.87. The molecular formula is C18H18N5O4-. The molecular weight excluding hydrogens is 350 g/mol. The number of nitrogens with zero attached hydrogens (tertiary/aromatic N) is 5. The van der Waals surface area contributed by atoms with Gasteiger partial charge >= 0.3 is 5.69 Å². The highest BCUT2D eigenvalue weighted by molar-refractivity contribution is 5.77. The fourth-order valence-electron chi connectivity index (χ4n) is 3.63. The average Bonchev–Trinajstić information content (AvgIpc) is 3.04. The molecule has 0 saturated carbocycles. The summed E-state index contributed by atoms with van der Waals surface area (Å²) in [4.78, 5) is 42.9. The van der Waals surface area contributed by atoms with Crippen LogP contribution in [0, 0.1) is 6.92 Å². The van der Waals surface area contributed by atoms with E-state index in [0.29, 0.717) is 17.1 Å². The summed E-state index contributed by atoms with van der Waals surface area (Å²) in [5.74, 6) is -0.919. The highest BCUT2D eigenvalue weighted by atomic mass is 16.4. The van der Waals surface area contributed by atoms with E-state index < -0.39 is 23.8 Å². The number of carbonyl (C=O) groups is 1. The van der Waals surface area contributed by atoms with Crippen LogP contribution in [0.2, 0.25) is 0 Å². The van der Waals surface area contributed by atoms with Crippen molar-refractivity contribution in [3.05, 3.63) is 50.7 Å². The zero-order valence-corrected chi connectivity index (χ0v) is 15.0. The van der Waals surface area contributed by atoms with Gasteiger partial charge in [0.25, 0.3) is 5.56 Å². The number of anilines is 2. The minimum Gasteiger partial charge on any atom is -0.548 e. The largest absolute Gasteiger partial charge is 0.548 e. The van der Waals surface area contributed by atoms with E-state index in [4.69, 9.17) is 0 Å². The molecule has 0 amide bonds. The smallest absolute Gasteiger partial charge is 0.332 e. The van der Waals surface area contributed by atoms with E-state index in [1.165, 1.54) is 11.6 Å². The number of hydrogen-bond acceptors (Lipinski definition) is 6. The van der Waals surface area contributed by atoms with Gasteiger partial charge in [0.05, 0.1) is 12.5 Å². The van der Waals surface area contributed by atoms with Crippen molar-refractivity contribution >= 4 is 28.8 Å². The van der Waals surface area contributed by atoms with Gasteiger partial charge < -0.3 is 19.4 Å². The van der Waals surface area contributed by atoms with E-state index in [-0.39, 0.29) is 11.2 Å². The molecule has 1 aromatic carbocycles. The summed E-state index contributed by atoms with van der Waals surface area (Å²) in [5, 5.41) is 11.0.